The first-order valence-electron chi connectivity index (χ1n) is 13.4. The van der Waals surface area contributed by atoms with E-state index in [2.05, 4.69) is 11.8 Å². The summed E-state index contributed by atoms with van der Waals surface area (Å²) in [6.45, 7) is 5.65. The molecular weight excluding hydrogens is 503 g/mol. The zero-order chi connectivity index (χ0) is 28.3. The Hall–Kier alpha value is -2.96. The number of allylic oxidation sites excluding steroid dienone is 4. The van der Waals surface area contributed by atoms with E-state index in [1.807, 2.05) is 32.9 Å². The average molecular weight is 543 g/mol. The van der Waals surface area contributed by atoms with Crippen LogP contribution in [0.25, 0.3) is 0 Å². The monoisotopic (exact) mass is 542 g/mol. The van der Waals surface area contributed by atoms with Crippen LogP contribution in [-0.2, 0) is 19.0 Å². The molecule has 3 rings (SSSR count). The number of carbonyl (C=O) groups is 1. The van der Waals surface area contributed by atoms with E-state index in [-0.39, 0.29) is 25.1 Å². The van der Waals surface area contributed by atoms with Gasteiger partial charge in [0.1, 0.15) is 36.5 Å². The van der Waals surface area contributed by atoms with Gasteiger partial charge in [-0.3, -0.25) is 0 Å². The molecule has 1 saturated heterocycles. The molecule has 1 heterocycles. The van der Waals surface area contributed by atoms with E-state index in [1.54, 1.807) is 12.2 Å². The number of benzene rings is 1. The summed E-state index contributed by atoms with van der Waals surface area (Å²) in [7, 11) is 0. The van der Waals surface area contributed by atoms with Gasteiger partial charge in [0.05, 0.1) is 6.61 Å². The zero-order valence-corrected chi connectivity index (χ0v) is 22.8. The summed E-state index contributed by atoms with van der Waals surface area (Å²) >= 11 is 0. The van der Waals surface area contributed by atoms with Crippen molar-refractivity contribution in [3.8, 4) is 17.6 Å². The van der Waals surface area contributed by atoms with Crippen molar-refractivity contribution < 1.29 is 38.3 Å². The van der Waals surface area contributed by atoms with Gasteiger partial charge in [0.25, 0.3) is 0 Å². The van der Waals surface area contributed by atoms with Gasteiger partial charge in [-0.2, -0.15) is 0 Å². The molecule has 8 heteroatoms. The highest BCUT2D eigenvalue weighted by Crippen LogP contribution is 2.41. The molecule has 1 aliphatic carbocycles. The SMILES string of the molecule is CC(C)(C)C(OC[C@@H]1OC2(CCCCC2)O[C@@H]1C=CC=CC#CC=C[C@H](O)COc1ccc(F)cc1)C(=O)O. The normalized spacial score (nSPS) is 22.8. The van der Waals surface area contributed by atoms with E-state index in [0.717, 1.165) is 32.1 Å². The lowest BCUT2D eigenvalue weighted by Crippen LogP contribution is -2.40. The molecule has 1 aromatic carbocycles. The fraction of sp³-hybridized carbons (Fsp3) is 0.516. The summed E-state index contributed by atoms with van der Waals surface area (Å²) in [6.07, 6.45) is 12.4. The predicted molar refractivity (Wildman–Crippen MR) is 145 cm³/mol. The lowest BCUT2D eigenvalue weighted by atomic mass is 9.89. The number of aliphatic carboxylic acids is 1. The van der Waals surface area contributed by atoms with Gasteiger partial charge in [-0.15, -0.1) is 0 Å². The molecule has 2 fully saturated rings. The minimum absolute atomic E-state index is 0.0290. The fourth-order valence-electron chi connectivity index (χ4n) is 4.50. The van der Waals surface area contributed by atoms with Gasteiger partial charge in [-0.25, -0.2) is 9.18 Å². The highest BCUT2D eigenvalue weighted by atomic mass is 19.1. The summed E-state index contributed by atoms with van der Waals surface area (Å²) in [5.41, 5.74) is -0.555. The van der Waals surface area contributed by atoms with Crippen LogP contribution < -0.4 is 4.74 Å². The van der Waals surface area contributed by atoms with Crippen LogP contribution >= 0.6 is 0 Å². The highest BCUT2D eigenvalue weighted by molar-refractivity contribution is 5.73. The lowest BCUT2D eigenvalue weighted by molar-refractivity contribution is -0.198. The Bertz CT molecular complexity index is 1070. The Kier molecular flexibility index (Phi) is 11.3. The van der Waals surface area contributed by atoms with E-state index in [4.69, 9.17) is 18.9 Å². The average Bonchev–Trinajstić information content (AvgIpc) is 3.20. The molecule has 1 aromatic rings. The molecule has 1 saturated carbocycles. The van der Waals surface area contributed by atoms with E-state index >= 15 is 0 Å². The zero-order valence-electron chi connectivity index (χ0n) is 22.8. The first-order chi connectivity index (χ1) is 18.6. The molecule has 4 atom stereocenters. The van der Waals surface area contributed by atoms with E-state index in [0.29, 0.717) is 5.75 Å². The Morgan fingerprint density at radius 3 is 2.49 bits per heavy atom. The molecule has 0 amide bonds. The number of halogens is 1. The van der Waals surface area contributed by atoms with Crippen molar-refractivity contribution in [3.63, 3.8) is 0 Å². The van der Waals surface area contributed by atoms with Gasteiger partial charge in [0.15, 0.2) is 11.9 Å². The van der Waals surface area contributed by atoms with Crippen LogP contribution in [0.4, 0.5) is 4.39 Å². The molecule has 0 bridgehead atoms. The number of aliphatic hydroxyl groups excluding tert-OH is 1. The second kappa shape index (κ2) is 14.4. The molecule has 2 aliphatic rings. The molecule has 1 aliphatic heterocycles. The van der Waals surface area contributed by atoms with Gasteiger partial charge >= 0.3 is 5.97 Å². The van der Waals surface area contributed by atoms with Crippen LogP contribution in [-0.4, -0.2) is 59.6 Å². The summed E-state index contributed by atoms with van der Waals surface area (Å²) in [6, 6.07) is 5.57. The maximum atomic E-state index is 12.9. The summed E-state index contributed by atoms with van der Waals surface area (Å²) in [5.74, 6) is 4.16. The molecule has 39 heavy (non-hydrogen) atoms. The Labute approximate surface area is 230 Å². The molecule has 0 radical (unpaired) electrons. The Balaban J connectivity index is 1.51. The van der Waals surface area contributed by atoms with Gasteiger partial charge in [-0.1, -0.05) is 57.3 Å². The Morgan fingerprint density at radius 1 is 1.13 bits per heavy atom. The summed E-state index contributed by atoms with van der Waals surface area (Å²) < 4.78 is 36.8. The number of hydrogen-bond acceptors (Lipinski definition) is 6. The quantitative estimate of drug-likeness (QED) is 0.310. The highest BCUT2D eigenvalue weighted by Gasteiger charge is 2.47. The Morgan fingerprint density at radius 2 is 1.82 bits per heavy atom. The maximum Gasteiger partial charge on any atom is 0.333 e. The van der Waals surface area contributed by atoms with Crippen molar-refractivity contribution in [2.75, 3.05) is 13.2 Å². The molecule has 0 aromatic heterocycles. The molecular formula is C31H39FO7. The topological polar surface area (TPSA) is 94.5 Å². The van der Waals surface area contributed by atoms with Crippen LogP contribution in [0.15, 0.2) is 60.7 Å². The number of carboxylic acids is 1. The van der Waals surface area contributed by atoms with Crippen molar-refractivity contribution in [2.24, 2.45) is 5.41 Å². The molecule has 1 spiro atoms. The second-order valence-corrected chi connectivity index (χ2v) is 10.9. The fourth-order valence-corrected chi connectivity index (χ4v) is 4.50. The lowest BCUT2D eigenvalue weighted by Gasteiger charge is -2.32. The van der Waals surface area contributed by atoms with Crippen molar-refractivity contribution in [1.82, 2.24) is 0 Å². The van der Waals surface area contributed by atoms with E-state index in [9.17, 15) is 19.4 Å². The molecule has 1 unspecified atom stereocenters. The van der Waals surface area contributed by atoms with Crippen LogP contribution in [0, 0.1) is 23.1 Å². The van der Waals surface area contributed by atoms with Gasteiger partial charge in [0.2, 0.25) is 0 Å². The van der Waals surface area contributed by atoms with Crippen molar-refractivity contribution >= 4 is 5.97 Å². The van der Waals surface area contributed by atoms with Crippen LogP contribution in [0.2, 0.25) is 0 Å². The third-order valence-corrected chi connectivity index (χ3v) is 6.45. The third kappa shape index (κ3) is 9.94. The molecule has 2 N–H and O–H groups in total. The predicted octanol–water partition coefficient (Wildman–Crippen LogP) is 5.20. The van der Waals surface area contributed by atoms with Crippen molar-refractivity contribution in [1.29, 1.82) is 0 Å². The summed E-state index contributed by atoms with van der Waals surface area (Å²) in [5, 5.41) is 19.6. The standard InChI is InChI=1S/C31H39FO7/c1-30(2,3)28(29(34)35)37-22-27-26(38-31(39-27)19-11-8-12-20-31)14-10-7-5-4-6-9-13-24(33)21-36-25-17-15-23(32)16-18-25/h5,7,9-10,13-18,24,26-28,33H,8,11-12,19-22H2,1-3H3,(H,34,35)/t24-,26+,27-,28?/m0/s1. The maximum absolute atomic E-state index is 12.9. The number of rotatable bonds is 10. The summed E-state index contributed by atoms with van der Waals surface area (Å²) in [4.78, 5) is 11.7. The first-order valence-corrected chi connectivity index (χ1v) is 13.4. The molecule has 212 valence electrons. The number of ether oxygens (including phenoxy) is 4. The smallest absolute Gasteiger partial charge is 0.333 e. The number of hydrogen-bond donors (Lipinski definition) is 2. The molecule has 7 nitrogen and oxygen atoms in total. The van der Waals surface area contributed by atoms with Gasteiger partial charge in [-0.05, 0) is 60.8 Å². The van der Waals surface area contributed by atoms with E-state index in [1.165, 1.54) is 36.4 Å². The number of aliphatic hydroxyl groups is 1. The van der Waals surface area contributed by atoms with E-state index < -0.39 is 35.5 Å². The second-order valence-electron chi connectivity index (χ2n) is 10.9. The minimum Gasteiger partial charge on any atom is -0.491 e. The minimum atomic E-state index is -0.996. The number of carboxylic acid groups (broad SMARTS) is 1. The van der Waals surface area contributed by atoms with Crippen LogP contribution in [0.5, 0.6) is 5.75 Å². The van der Waals surface area contributed by atoms with Crippen molar-refractivity contribution in [3.05, 3.63) is 66.5 Å². The van der Waals surface area contributed by atoms with Gasteiger partial charge in [0, 0.05) is 12.8 Å². The third-order valence-electron chi connectivity index (χ3n) is 6.45. The van der Waals surface area contributed by atoms with Crippen LogP contribution in [0.3, 0.4) is 0 Å². The largest absolute Gasteiger partial charge is 0.491 e. The van der Waals surface area contributed by atoms with Crippen molar-refractivity contribution in [2.45, 2.75) is 83.1 Å². The van der Waals surface area contributed by atoms with Gasteiger partial charge < -0.3 is 29.2 Å². The van der Waals surface area contributed by atoms with Crippen LogP contribution in [0.1, 0.15) is 52.9 Å². The first kappa shape index (κ1) is 30.6.